The van der Waals surface area contributed by atoms with Crippen LogP contribution in [-0.4, -0.2) is 6.54 Å². The molecule has 0 bridgehead atoms. The van der Waals surface area contributed by atoms with Crippen molar-refractivity contribution in [2.75, 3.05) is 6.54 Å². The minimum absolute atomic E-state index is 0.533. The zero-order chi connectivity index (χ0) is 12.8. The second kappa shape index (κ2) is 7.30. The molecule has 1 atom stereocenters. The minimum Gasteiger partial charge on any atom is -0.310 e. The first kappa shape index (κ1) is 14.1. The third-order valence-electron chi connectivity index (χ3n) is 4.00. The van der Waals surface area contributed by atoms with Gasteiger partial charge in [0.15, 0.2) is 0 Å². The fourth-order valence-electron chi connectivity index (χ4n) is 3.12. The molecule has 1 saturated carbocycles. The highest BCUT2D eigenvalue weighted by molar-refractivity contribution is 9.10. The van der Waals surface area contributed by atoms with Gasteiger partial charge in [-0.15, -0.1) is 0 Å². The molecule has 1 aromatic rings. The first-order valence-electron chi connectivity index (χ1n) is 7.30. The van der Waals surface area contributed by atoms with Crippen LogP contribution in [0.3, 0.4) is 0 Å². The van der Waals surface area contributed by atoms with E-state index in [9.17, 15) is 0 Å². The molecule has 0 radical (unpaired) electrons. The maximum absolute atomic E-state index is 3.70. The Labute approximate surface area is 119 Å². The van der Waals surface area contributed by atoms with Crippen LogP contribution >= 0.6 is 15.9 Å². The molecule has 1 aromatic carbocycles. The summed E-state index contributed by atoms with van der Waals surface area (Å²) in [6, 6.07) is 9.34. The summed E-state index contributed by atoms with van der Waals surface area (Å²) < 4.78 is 1.19. The lowest BCUT2D eigenvalue weighted by atomic mass is 9.87. The van der Waals surface area contributed by atoms with Gasteiger partial charge in [-0.1, -0.05) is 60.7 Å². The van der Waals surface area contributed by atoms with Gasteiger partial charge in [0.1, 0.15) is 0 Å². The summed E-state index contributed by atoms with van der Waals surface area (Å²) in [6.07, 6.45) is 8.41. The van der Waals surface area contributed by atoms with Crippen molar-refractivity contribution in [1.29, 1.82) is 0 Å². The molecule has 0 spiro atoms. The number of benzene rings is 1. The molecule has 1 nitrogen and oxygen atoms in total. The molecule has 1 unspecified atom stereocenters. The van der Waals surface area contributed by atoms with Crippen molar-refractivity contribution in [2.45, 2.75) is 51.5 Å². The molecular formula is C16H24BrN. The Morgan fingerprint density at radius 3 is 2.56 bits per heavy atom. The topological polar surface area (TPSA) is 12.0 Å². The van der Waals surface area contributed by atoms with Crippen LogP contribution in [0.25, 0.3) is 0 Å². The van der Waals surface area contributed by atoms with Crippen LogP contribution < -0.4 is 5.32 Å². The van der Waals surface area contributed by atoms with Crippen molar-refractivity contribution >= 4 is 15.9 Å². The minimum atomic E-state index is 0.533. The molecule has 1 fully saturated rings. The van der Waals surface area contributed by atoms with Gasteiger partial charge in [0.05, 0.1) is 0 Å². The predicted molar refractivity (Wildman–Crippen MR) is 81.8 cm³/mol. The molecule has 1 aliphatic carbocycles. The van der Waals surface area contributed by atoms with E-state index in [-0.39, 0.29) is 0 Å². The summed E-state index contributed by atoms with van der Waals surface area (Å²) in [4.78, 5) is 0. The molecule has 1 N–H and O–H groups in total. The molecule has 2 heteroatoms. The third-order valence-corrected chi connectivity index (χ3v) is 4.50. The van der Waals surface area contributed by atoms with E-state index in [2.05, 4.69) is 52.4 Å². The van der Waals surface area contributed by atoms with Crippen LogP contribution in [0, 0.1) is 5.92 Å². The van der Waals surface area contributed by atoms with E-state index in [0.29, 0.717) is 6.04 Å². The molecule has 0 heterocycles. The van der Waals surface area contributed by atoms with Gasteiger partial charge in [-0.2, -0.15) is 0 Å². The van der Waals surface area contributed by atoms with E-state index < -0.39 is 0 Å². The van der Waals surface area contributed by atoms with E-state index in [4.69, 9.17) is 0 Å². The Hall–Kier alpha value is -0.340. The number of rotatable bonds is 4. The lowest BCUT2D eigenvalue weighted by molar-refractivity contribution is 0.330. The fourth-order valence-corrected chi connectivity index (χ4v) is 3.54. The highest BCUT2D eigenvalue weighted by atomic mass is 79.9. The van der Waals surface area contributed by atoms with Crippen LogP contribution in [0.2, 0.25) is 0 Å². The van der Waals surface area contributed by atoms with Crippen LogP contribution in [0.5, 0.6) is 0 Å². The number of nitrogens with one attached hydrogen (secondary N) is 1. The zero-order valence-electron chi connectivity index (χ0n) is 11.3. The Bertz CT molecular complexity index is 356. The first-order chi connectivity index (χ1) is 8.81. The highest BCUT2D eigenvalue weighted by Gasteiger charge is 2.23. The van der Waals surface area contributed by atoms with Crippen molar-refractivity contribution < 1.29 is 0 Å². The second-order valence-electron chi connectivity index (χ2n) is 5.34. The molecule has 0 saturated heterocycles. The van der Waals surface area contributed by atoms with Gasteiger partial charge in [-0.3, -0.25) is 0 Å². The predicted octanol–water partition coefficient (Wildman–Crippen LogP) is 5.07. The number of hydrogen-bond donors (Lipinski definition) is 1. The van der Waals surface area contributed by atoms with Crippen LogP contribution in [0.15, 0.2) is 28.7 Å². The van der Waals surface area contributed by atoms with E-state index in [1.807, 2.05) is 0 Å². The lowest BCUT2D eigenvalue weighted by Gasteiger charge is -2.27. The first-order valence-corrected chi connectivity index (χ1v) is 8.09. The van der Waals surface area contributed by atoms with E-state index >= 15 is 0 Å². The molecule has 100 valence electrons. The van der Waals surface area contributed by atoms with Gasteiger partial charge in [0, 0.05) is 10.5 Å². The highest BCUT2D eigenvalue weighted by Crippen LogP contribution is 2.34. The Morgan fingerprint density at radius 2 is 1.94 bits per heavy atom. The summed E-state index contributed by atoms with van der Waals surface area (Å²) in [5, 5.41) is 3.70. The van der Waals surface area contributed by atoms with E-state index in [0.717, 1.165) is 12.5 Å². The van der Waals surface area contributed by atoms with Crippen molar-refractivity contribution in [3.63, 3.8) is 0 Å². The van der Waals surface area contributed by atoms with E-state index in [1.165, 1.54) is 48.6 Å². The molecule has 1 aliphatic rings. The van der Waals surface area contributed by atoms with Gasteiger partial charge >= 0.3 is 0 Å². The van der Waals surface area contributed by atoms with Gasteiger partial charge in [0.2, 0.25) is 0 Å². The van der Waals surface area contributed by atoms with Gasteiger partial charge in [-0.25, -0.2) is 0 Å². The van der Waals surface area contributed by atoms with Crippen molar-refractivity contribution in [2.24, 2.45) is 5.92 Å². The third kappa shape index (κ3) is 3.83. The summed E-state index contributed by atoms with van der Waals surface area (Å²) in [7, 11) is 0. The van der Waals surface area contributed by atoms with Crippen LogP contribution in [-0.2, 0) is 0 Å². The molecule has 0 amide bonds. The summed E-state index contributed by atoms with van der Waals surface area (Å²) in [5.74, 6) is 0.807. The lowest BCUT2D eigenvalue weighted by Crippen LogP contribution is -2.28. The van der Waals surface area contributed by atoms with E-state index in [1.54, 1.807) is 0 Å². The second-order valence-corrected chi connectivity index (χ2v) is 6.26. The van der Waals surface area contributed by atoms with Gasteiger partial charge in [-0.05, 0) is 43.0 Å². The Balaban J connectivity index is 2.15. The Morgan fingerprint density at radius 1 is 1.22 bits per heavy atom. The summed E-state index contributed by atoms with van der Waals surface area (Å²) >= 11 is 3.59. The zero-order valence-corrected chi connectivity index (χ0v) is 12.9. The fraction of sp³-hybridized carbons (Fsp3) is 0.625. The van der Waals surface area contributed by atoms with Gasteiger partial charge < -0.3 is 5.32 Å². The maximum atomic E-state index is 3.70. The van der Waals surface area contributed by atoms with Crippen LogP contribution in [0.4, 0.5) is 0 Å². The average molecular weight is 310 g/mol. The molecule has 18 heavy (non-hydrogen) atoms. The van der Waals surface area contributed by atoms with Gasteiger partial charge in [0.25, 0.3) is 0 Å². The maximum Gasteiger partial charge on any atom is 0.0348 e. The largest absolute Gasteiger partial charge is 0.310 e. The average Bonchev–Trinajstić information content (AvgIpc) is 2.64. The van der Waals surface area contributed by atoms with Crippen molar-refractivity contribution in [3.8, 4) is 0 Å². The summed E-state index contributed by atoms with van der Waals surface area (Å²) in [6.45, 7) is 3.26. The normalized spacial score (nSPS) is 19.4. The smallest absolute Gasteiger partial charge is 0.0348 e. The monoisotopic (exact) mass is 309 g/mol. The molecular weight excluding hydrogens is 286 g/mol. The SMILES string of the molecule is CCNC(c1cccc(Br)c1)C1CCCCCC1. The van der Waals surface area contributed by atoms with Crippen molar-refractivity contribution in [1.82, 2.24) is 5.32 Å². The van der Waals surface area contributed by atoms with Crippen LogP contribution in [0.1, 0.15) is 57.1 Å². The Kier molecular flexibility index (Phi) is 5.71. The molecule has 2 rings (SSSR count). The molecule has 0 aliphatic heterocycles. The number of halogens is 1. The standard InChI is InChI=1S/C16H24BrN/c1-2-18-16(13-8-5-3-4-6-9-13)14-10-7-11-15(17)12-14/h7,10-13,16,18H,2-6,8-9H2,1H3. The number of hydrogen-bond acceptors (Lipinski definition) is 1. The van der Waals surface area contributed by atoms with Crippen molar-refractivity contribution in [3.05, 3.63) is 34.3 Å². The quantitative estimate of drug-likeness (QED) is 0.766. The summed E-state index contributed by atoms with van der Waals surface area (Å²) in [5.41, 5.74) is 1.44. The molecule has 0 aromatic heterocycles.